The summed E-state index contributed by atoms with van der Waals surface area (Å²) >= 11 is 0. The number of carbonyl (C=O) groups is 2. The molecule has 0 saturated heterocycles. The monoisotopic (exact) mass is 250 g/mol. The van der Waals surface area contributed by atoms with Crippen LogP contribution in [0.1, 0.15) is 22.3 Å². The first-order chi connectivity index (χ1) is 8.45. The summed E-state index contributed by atoms with van der Waals surface area (Å²) in [6, 6.07) is 4.97. The fraction of sp³-hybridized carbons (Fsp3) is 0.385. The van der Waals surface area contributed by atoms with E-state index in [1.807, 2.05) is 18.9 Å². The van der Waals surface area contributed by atoms with E-state index in [0.717, 1.165) is 11.3 Å². The van der Waals surface area contributed by atoms with Crippen LogP contribution in [0.3, 0.4) is 0 Å². The maximum atomic E-state index is 11.2. The fourth-order valence-electron chi connectivity index (χ4n) is 1.73. The number of nitrogens with zero attached hydrogens (tertiary/aromatic N) is 1. The summed E-state index contributed by atoms with van der Waals surface area (Å²) in [6.45, 7) is 2.45. The summed E-state index contributed by atoms with van der Waals surface area (Å²) in [5.74, 6) is -0.945. The van der Waals surface area contributed by atoms with Crippen LogP contribution in [0.2, 0.25) is 0 Å². The molecule has 1 rings (SSSR count). The summed E-state index contributed by atoms with van der Waals surface area (Å²) < 4.78 is 0. The standard InChI is InChI=1S/C13H18N2O3/c1-9-8-10(13(17)18)4-5-11(9)15(3)7-6-12(16)14-2/h4-5,8H,6-7H2,1-3H3,(H,14,16)(H,17,18). The van der Waals surface area contributed by atoms with Gasteiger partial charge in [-0.1, -0.05) is 0 Å². The Labute approximate surface area is 106 Å². The van der Waals surface area contributed by atoms with E-state index in [4.69, 9.17) is 5.11 Å². The van der Waals surface area contributed by atoms with Gasteiger partial charge >= 0.3 is 5.97 Å². The number of rotatable bonds is 5. The van der Waals surface area contributed by atoms with E-state index < -0.39 is 5.97 Å². The molecule has 98 valence electrons. The van der Waals surface area contributed by atoms with Crippen LogP contribution in [0.25, 0.3) is 0 Å². The van der Waals surface area contributed by atoms with Crippen LogP contribution < -0.4 is 10.2 Å². The maximum absolute atomic E-state index is 11.2. The second-order valence-corrected chi connectivity index (χ2v) is 4.15. The van der Waals surface area contributed by atoms with Crippen molar-refractivity contribution in [1.29, 1.82) is 0 Å². The van der Waals surface area contributed by atoms with Crippen molar-refractivity contribution >= 4 is 17.6 Å². The summed E-state index contributed by atoms with van der Waals surface area (Å²) in [7, 11) is 3.49. The highest BCUT2D eigenvalue weighted by atomic mass is 16.4. The zero-order valence-electron chi connectivity index (χ0n) is 10.9. The predicted octanol–water partition coefficient (Wildman–Crippen LogP) is 1.27. The van der Waals surface area contributed by atoms with Crippen LogP contribution in [0.4, 0.5) is 5.69 Å². The van der Waals surface area contributed by atoms with Crippen LogP contribution in [0.5, 0.6) is 0 Å². The molecule has 0 heterocycles. The third-order valence-electron chi connectivity index (χ3n) is 2.81. The van der Waals surface area contributed by atoms with Gasteiger partial charge in [-0.25, -0.2) is 4.79 Å². The zero-order chi connectivity index (χ0) is 13.7. The topological polar surface area (TPSA) is 69.6 Å². The van der Waals surface area contributed by atoms with Gasteiger partial charge in [-0.3, -0.25) is 4.79 Å². The van der Waals surface area contributed by atoms with E-state index in [1.54, 1.807) is 25.2 Å². The van der Waals surface area contributed by atoms with Crippen LogP contribution in [-0.4, -0.2) is 37.6 Å². The molecule has 1 amide bonds. The highest BCUT2D eigenvalue weighted by molar-refractivity contribution is 5.88. The number of carbonyl (C=O) groups excluding carboxylic acids is 1. The lowest BCUT2D eigenvalue weighted by atomic mass is 10.1. The molecule has 0 aromatic heterocycles. The Bertz CT molecular complexity index is 458. The molecule has 5 nitrogen and oxygen atoms in total. The maximum Gasteiger partial charge on any atom is 0.335 e. The molecule has 0 atom stereocenters. The van der Waals surface area contributed by atoms with Crippen molar-refractivity contribution in [1.82, 2.24) is 5.32 Å². The number of aromatic carboxylic acids is 1. The minimum atomic E-state index is -0.933. The molecular weight excluding hydrogens is 232 g/mol. The first kappa shape index (κ1) is 14.0. The molecule has 18 heavy (non-hydrogen) atoms. The third kappa shape index (κ3) is 3.48. The SMILES string of the molecule is CNC(=O)CCN(C)c1ccc(C(=O)O)cc1C. The lowest BCUT2D eigenvalue weighted by Crippen LogP contribution is -2.26. The van der Waals surface area contributed by atoms with E-state index in [1.165, 1.54) is 0 Å². The minimum absolute atomic E-state index is 0.0124. The Hall–Kier alpha value is -2.04. The number of carboxylic acid groups (broad SMARTS) is 1. The number of aryl methyl sites for hydroxylation is 1. The average Bonchev–Trinajstić information content (AvgIpc) is 2.35. The van der Waals surface area contributed by atoms with Crippen molar-refractivity contribution in [2.75, 3.05) is 25.5 Å². The molecule has 0 aliphatic carbocycles. The first-order valence-corrected chi connectivity index (χ1v) is 5.71. The normalized spacial score (nSPS) is 9.94. The Morgan fingerprint density at radius 1 is 1.39 bits per heavy atom. The van der Waals surface area contributed by atoms with Gasteiger partial charge < -0.3 is 15.3 Å². The fourth-order valence-corrected chi connectivity index (χ4v) is 1.73. The van der Waals surface area contributed by atoms with Crippen LogP contribution >= 0.6 is 0 Å². The van der Waals surface area contributed by atoms with Crippen molar-refractivity contribution in [3.8, 4) is 0 Å². The second-order valence-electron chi connectivity index (χ2n) is 4.15. The molecule has 0 aliphatic rings. The van der Waals surface area contributed by atoms with E-state index >= 15 is 0 Å². The quantitative estimate of drug-likeness (QED) is 0.825. The van der Waals surface area contributed by atoms with Crippen molar-refractivity contribution in [2.45, 2.75) is 13.3 Å². The molecule has 0 unspecified atom stereocenters. The van der Waals surface area contributed by atoms with Crippen LogP contribution in [0.15, 0.2) is 18.2 Å². The van der Waals surface area contributed by atoms with Crippen LogP contribution in [-0.2, 0) is 4.79 Å². The highest BCUT2D eigenvalue weighted by Gasteiger charge is 2.09. The van der Waals surface area contributed by atoms with Crippen molar-refractivity contribution in [3.63, 3.8) is 0 Å². The molecule has 1 aromatic rings. The minimum Gasteiger partial charge on any atom is -0.478 e. The Kier molecular flexibility index (Phi) is 4.71. The van der Waals surface area contributed by atoms with Crippen molar-refractivity contribution in [3.05, 3.63) is 29.3 Å². The molecule has 0 radical (unpaired) electrons. The summed E-state index contributed by atoms with van der Waals surface area (Å²) in [5, 5.41) is 11.4. The molecule has 2 N–H and O–H groups in total. The molecule has 0 aliphatic heterocycles. The van der Waals surface area contributed by atoms with E-state index in [0.29, 0.717) is 13.0 Å². The zero-order valence-corrected chi connectivity index (χ0v) is 10.9. The van der Waals surface area contributed by atoms with Gasteiger partial charge in [0.15, 0.2) is 0 Å². The molecule has 0 fully saturated rings. The van der Waals surface area contributed by atoms with Crippen LogP contribution in [0, 0.1) is 6.92 Å². The summed E-state index contributed by atoms with van der Waals surface area (Å²) in [6.07, 6.45) is 0.410. The average molecular weight is 250 g/mol. The largest absolute Gasteiger partial charge is 0.478 e. The first-order valence-electron chi connectivity index (χ1n) is 5.71. The van der Waals surface area contributed by atoms with Gasteiger partial charge in [-0.05, 0) is 30.7 Å². The number of nitrogens with one attached hydrogen (secondary N) is 1. The molecular formula is C13H18N2O3. The van der Waals surface area contributed by atoms with E-state index in [-0.39, 0.29) is 11.5 Å². The number of anilines is 1. The molecule has 1 aromatic carbocycles. The molecule has 0 saturated carbocycles. The van der Waals surface area contributed by atoms with Gasteiger partial charge in [0, 0.05) is 32.7 Å². The van der Waals surface area contributed by atoms with Gasteiger partial charge in [0.25, 0.3) is 0 Å². The van der Waals surface area contributed by atoms with Gasteiger partial charge in [0.05, 0.1) is 5.56 Å². The summed E-state index contributed by atoms with van der Waals surface area (Å²) in [5.41, 5.74) is 2.09. The van der Waals surface area contributed by atoms with Gasteiger partial charge in [-0.2, -0.15) is 0 Å². The third-order valence-corrected chi connectivity index (χ3v) is 2.81. The predicted molar refractivity (Wildman–Crippen MR) is 70.1 cm³/mol. The smallest absolute Gasteiger partial charge is 0.335 e. The number of amides is 1. The number of hydrogen-bond donors (Lipinski definition) is 2. The second kappa shape index (κ2) is 6.05. The van der Waals surface area contributed by atoms with Crippen molar-refractivity contribution < 1.29 is 14.7 Å². The summed E-state index contributed by atoms with van der Waals surface area (Å²) in [4.78, 5) is 23.9. The van der Waals surface area contributed by atoms with E-state index in [2.05, 4.69) is 5.32 Å². The Morgan fingerprint density at radius 3 is 2.56 bits per heavy atom. The van der Waals surface area contributed by atoms with Crippen molar-refractivity contribution in [2.24, 2.45) is 0 Å². The van der Waals surface area contributed by atoms with E-state index in [9.17, 15) is 9.59 Å². The Balaban J connectivity index is 2.77. The highest BCUT2D eigenvalue weighted by Crippen LogP contribution is 2.20. The number of hydrogen-bond acceptors (Lipinski definition) is 3. The Morgan fingerprint density at radius 2 is 2.06 bits per heavy atom. The molecule has 5 heteroatoms. The van der Waals surface area contributed by atoms with Gasteiger partial charge in [-0.15, -0.1) is 0 Å². The van der Waals surface area contributed by atoms with Gasteiger partial charge in [0.2, 0.25) is 5.91 Å². The number of carboxylic acids is 1. The number of benzene rings is 1. The molecule has 0 spiro atoms. The lowest BCUT2D eigenvalue weighted by molar-refractivity contribution is -0.120. The molecule has 0 bridgehead atoms. The lowest BCUT2D eigenvalue weighted by Gasteiger charge is -2.21. The van der Waals surface area contributed by atoms with Gasteiger partial charge in [0.1, 0.15) is 0 Å².